The van der Waals surface area contributed by atoms with Gasteiger partial charge in [0.15, 0.2) is 0 Å². The Morgan fingerprint density at radius 1 is 0.239 bits per heavy atom. The minimum absolute atomic E-state index is 0.172. The van der Waals surface area contributed by atoms with Crippen molar-refractivity contribution in [3.8, 4) is 67.1 Å². The Kier molecular flexibility index (Phi) is 19.4. The van der Waals surface area contributed by atoms with E-state index in [1.807, 2.05) is 60.7 Å². The van der Waals surface area contributed by atoms with Crippen LogP contribution in [0.1, 0.15) is 55.8 Å². The van der Waals surface area contributed by atoms with E-state index >= 15 is 0 Å². The average Bonchev–Trinajstić information content (AvgIpc) is 1.60. The van der Waals surface area contributed by atoms with Crippen molar-refractivity contribution in [1.29, 1.82) is 0 Å². The maximum absolute atomic E-state index is 10.4. The molecule has 117 heavy (non-hydrogen) atoms. The fraction of sp³-hybridized carbons (Fsp3) is 0.0991. The fourth-order valence-electron chi connectivity index (χ4n) is 19.9. The maximum Gasteiger partial charge on any atom is 0.124 e. The standard InChI is InChI=1S/C46H36P2.C23H20PS.C22H18.C20H14O2/c1-47-27-33-21-19-29-11-3-7-15-35(29)41(33)43-37-17-9-5-13-31(37)23-25-39(43)45(47)46-40-26-24-32-14-6-10-18-38(32)44(40)42-34(28-48(46)2)22-20-30-12-4-8-16-36(30)42;1-24(25)14-18-12-10-16-6-2-4-8-20(16)22(18)23-19(15-24)13-11-17-7-3-5-9-21(17)23;1-15-11-13-17-7-3-5-9-19(17)21(15)22-16(2)12-14-18-8-4-6-10-20(18)22;21-17-11-9-13-5-1-3-7-15(13)19(17)20-16-8-4-2-6-14(16)10-12-18(20)22/h3-26,45-46H,27-28H2,1-2H3;2-13,25H,14-15H2,1H3;3-14H,1-2H3;1-12,21-22H/q;+1;;/t45-,46-,47+,48+;;;/m1.../s1. The zero-order valence-electron chi connectivity index (χ0n) is 66.3. The predicted molar refractivity (Wildman–Crippen MR) is 515 cm³/mol. The molecule has 0 fully saturated rings. The summed E-state index contributed by atoms with van der Waals surface area (Å²) >= 11 is 5.14. The van der Waals surface area contributed by atoms with Gasteiger partial charge in [-0.15, -0.1) is 0 Å². The van der Waals surface area contributed by atoms with Crippen LogP contribution in [0.2, 0.25) is 0 Å². The zero-order chi connectivity index (χ0) is 79.2. The Hall–Kier alpha value is -11.8. The number of benzene rings is 20. The molecule has 3 aliphatic rings. The lowest BCUT2D eigenvalue weighted by Crippen LogP contribution is -2.11. The van der Waals surface area contributed by atoms with Gasteiger partial charge in [0.05, 0.1) is 25.5 Å². The molecule has 0 saturated carbocycles. The molecule has 564 valence electrons. The highest BCUT2D eigenvalue weighted by atomic mass is 32.7. The summed E-state index contributed by atoms with van der Waals surface area (Å²) in [6.45, 7) is 10.7. The van der Waals surface area contributed by atoms with Crippen LogP contribution >= 0.6 is 34.6 Å². The highest BCUT2D eigenvalue weighted by Crippen LogP contribution is 2.73. The first-order valence-electron chi connectivity index (χ1n) is 40.7. The van der Waals surface area contributed by atoms with Crippen LogP contribution in [0.25, 0.3) is 163 Å². The molecule has 2 N–H and O–H groups in total. The van der Waals surface area contributed by atoms with Crippen molar-refractivity contribution < 1.29 is 10.2 Å². The number of phenolic OH excluding ortho intramolecular Hbond substituents is 2. The summed E-state index contributed by atoms with van der Waals surface area (Å²) in [6, 6.07) is 132. The Morgan fingerprint density at radius 2 is 0.444 bits per heavy atom. The third-order valence-electron chi connectivity index (χ3n) is 25.1. The second-order valence-electron chi connectivity index (χ2n) is 32.5. The van der Waals surface area contributed by atoms with E-state index in [-0.39, 0.29) is 27.3 Å². The molecular formula is C111H88O2P3S+. The van der Waals surface area contributed by atoms with Crippen LogP contribution in [-0.4, -0.2) is 30.2 Å². The summed E-state index contributed by atoms with van der Waals surface area (Å²) in [5.41, 5.74) is 25.5. The molecule has 2 nitrogen and oxygen atoms in total. The van der Waals surface area contributed by atoms with Gasteiger partial charge < -0.3 is 10.2 Å². The van der Waals surface area contributed by atoms with Crippen molar-refractivity contribution in [3.05, 3.63) is 408 Å². The first-order chi connectivity index (χ1) is 57.3. The number of aromatic hydroxyl groups is 2. The molecule has 3 heterocycles. The summed E-state index contributed by atoms with van der Waals surface area (Å²) in [6.07, 6.45) is 4.47. The Bertz CT molecular complexity index is 6780. The SMILES string of the molecule is C[P+]1(S)Cc2ccc3ccccc3c2-c2c(ccc3ccccc23)C1.C[P@@]1Cc2ccc3ccccc3c2-c2c(ccc3ccccc23)[C@@H]1[C@H]1c2ccc3ccccc3c2-c2c(ccc3ccccc23)C[P@]1C.Cc1ccc2ccccc2c1-c1c(C)ccc2ccccc12.Oc1ccc2ccccc2c1-c1c(O)ccc2ccccc12. The van der Waals surface area contributed by atoms with Gasteiger partial charge in [-0.2, -0.15) is 0 Å². The summed E-state index contributed by atoms with van der Waals surface area (Å²) in [5, 5.41) is 46.3. The normalized spacial score (nSPS) is 15.8. The highest BCUT2D eigenvalue weighted by molar-refractivity contribution is 8.52. The number of phenols is 2. The second kappa shape index (κ2) is 30.7. The molecular weight excluding hydrogens is 1490 g/mol. The third-order valence-corrected chi connectivity index (χ3v) is 32.9. The van der Waals surface area contributed by atoms with Crippen molar-refractivity contribution in [2.75, 3.05) is 20.0 Å². The van der Waals surface area contributed by atoms with Gasteiger partial charge in [0.25, 0.3) is 0 Å². The lowest BCUT2D eigenvalue weighted by Gasteiger charge is -2.37. The summed E-state index contributed by atoms with van der Waals surface area (Å²) in [4.78, 5) is 0. The van der Waals surface area contributed by atoms with Crippen molar-refractivity contribution in [3.63, 3.8) is 0 Å². The zero-order valence-corrected chi connectivity index (χ0v) is 69.9. The molecule has 0 radical (unpaired) electrons. The topological polar surface area (TPSA) is 40.5 Å². The minimum atomic E-state index is -1.31. The Balaban J connectivity index is 0.000000108. The highest BCUT2D eigenvalue weighted by Gasteiger charge is 2.42. The smallest absolute Gasteiger partial charge is 0.124 e. The van der Waals surface area contributed by atoms with Crippen molar-refractivity contribution in [2.24, 2.45) is 0 Å². The van der Waals surface area contributed by atoms with E-state index in [9.17, 15) is 10.2 Å². The van der Waals surface area contributed by atoms with E-state index in [0.717, 1.165) is 46.2 Å². The number of aryl methyl sites for hydroxylation is 2. The van der Waals surface area contributed by atoms with E-state index in [1.54, 1.807) is 23.3 Å². The second-order valence-corrected chi connectivity index (χ2v) is 43.5. The van der Waals surface area contributed by atoms with Crippen LogP contribution in [0.15, 0.2) is 364 Å². The van der Waals surface area contributed by atoms with Gasteiger partial charge in [0.1, 0.15) is 11.5 Å². The molecule has 0 spiro atoms. The molecule has 23 rings (SSSR count). The largest absolute Gasteiger partial charge is 0.507 e. The number of rotatable bonds is 3. The van der Waals surface area contributed by atoms with Crippen LogP contribution < -0.4 is 0 Å². The number of hydrogen-bond acceptors (Lipinski definition) is 3. The molecule has 3 aliphatic heterocycles. The van der Waals surface area contributed by atoms with E-state index in [2.05, 4.69) is 325 Å². The lowest BCUT2D eigenvalue weighted by atomic mass is 9.83. The van der Waals surface area contributed by atoms with Crippen LogP contribution in [0.3, 0.4) is 0 Å². The molecule has 20 aromatic carbocycles. The van der Waals surface area contributed by atoms with Crippen molar-refractivity contribution in [1.82, 2.24) is 0 Å². The van der Waals surface area contributed by atoms with E-state index in [4.69, 9.17) is 12.2 Å². The van der Waals surface area contributed by atoms with E-state index in [0.29, 0.717) is 22.4 Å². The number of fused-ring (bicyclic) bond motifs is 25. The molecule has 0 amide bonds. The lowest BCUT2D eigenvalue weighted by molar-refractivity contribution is 0.470. The van der Waals surface area contributed by atoms with Crippen molar-refractivity contribution in [2.45, 2.75) is 49.8 Å². The van der Waals surface area contributed by atoms with Gasteiger partial charge in [0.2, 0.25) is 0 Å². The summed E-state index contributed by atoms with van der Waals surface area (Å²) in [7, 11) is -0.778. The van der Waals surface area contributed by atoms with Gasteiger partial charge in [0, 0.05) is 34.7 Å². The molecule has 0 aliphatic carbocycles. The van der Waals surface area contributed by atoms with Crippen LogP contribution in [0.4, 0.5) is 0 Å². The van der Waals surface area contributed by atoms with Crippen LogP contribution in [-0.2, 0) is 24.6 Å². The average molecular weight is 1580 g/mol. The molecule has 0 saturated heterocycles. The molecule has 0 unspecified atom stereocenters. The minimum Gasteiger partial charge on any atom is -0.507 e. The van der Waals surface area contributed by atoms with Crippen LogP contribution in [0, 0.1) is 13.8 Å². The molecule has 0 aromatic heterocycles. The molecule has 4 atom stereocenters. The van der Waals surface area contributed by atoms with E-state index < -0.39 is 6.46 Å². The number of thiol groups is 1. The van der Waals surface area contributed by atoms with Gasteiger partial charge in [-0.1, -0.05) is 368 Å². The summed E-state index contributed by atoms with van der Waals surface area (Å²) in [5.74, 6) is 0.343. The first kappa shape index (κ1) is 74.1. The van der Waals surface area contributed by atoms with Gasteiger partial charge in [-0.05, 0) is 248 Å². The molecule has 0 bridgehead atoms. The van der Waals surface area contributed by atoms with Crippen molar-refractivity contribution >= 4 is 142 Å². The summed E-state index contributed by atoms with van der Waals surface area (Å²) < 4.78 is 0. The third kappa shape index (κ3) is 13.3. The van der Waals surface area contributed by atoms with E-state index in [1.165, 1.54) is 164 Å². The monoisotopic (exact) mass is 1580 g/mol. The Morgan fingerprint density at radius 3 is 0.726 bits per heavy atom. The molecule has 20 aromatic rings. The van der Waals surface area contributed by atoms with Crippen LogP contribution in [0.5, 0.6) is 11.5 Å². The van der Waals surface area contributed by atoms with Gasteiger partial charge in [-0.3, -0.25) is 0 Å². The van der Waals surface area contributed by atoms with Gasteiger partial charge >= 0.3 is 0 Å². The number of hydrogen-bond donors (Lipinski definition) is 3. The predicted octanol–water partition coefficient (Wildman–Crippen LogP) is 32.2. The fourth-order valence-corrected chi connectivity index (χ4v) is 28.9. The molecule has 6 heteroatoms. The Labute approximate surface area is 692 Å². The quantitative estimate of drug-likeness (QED) is 0.122. The van der Waals surface area contributed by atoms with Gasteiger partial charge in [-0.25, -0.2) is 0 Å². The first-order valence-corrected chi connectivity index (χ1v) is 48.6. The maximum atomic E-state index is 10.4.